The van der Waals surface area contributed by atoms with Crippen LogP contribution in [0.15, 0.2) is 0 Å². The van der Waals surface area contributed by atoms with E-state index >= 15 is 0 Å². The molecular formula is C19H44SiSn. The van der Waals surface area contributed by atoms with Crippen molar-refractivity contribution in [2.45, 2.75) is 110 Å². The van der Waals surface area contributed by atoms with E-state index in [1.165, 1.54) is 38.5 Å². The van der Waals surface area contributed by atoms with Crippen LogP contribution < -0.4 is 0 Å². The predicted molar refractivity (Wildman–Crippen MR) is 107 cm³/mol. The van der Waals surface area contributed by atoms with Crippen LogP contribution >= 0.6 is 0 Å². The molecule has 0 aromatic carbocycles. The molecule has 2 heteroatoms. The second-order valence-corrected chi connectivity index (χ2v) is 28.4. The summed E-state index contributed by atoms with van der Waals surface area (Å²) in [5.41, 5.74) is 0. The Hall–Kier alpha value is 1.02. The van der Waals surface area contributed by atoms with E-state index in [0.29, 0.717) is 0 Å². The molecule has 0 fully saturated rings. The molecule has 128 valence electrons. The van der Waals surface area contributed by atoms with Crippen LogP contribution in [-0.4, -0.2) is 26.5 Å². The van der Waals surface area contributed by atoms with Crippen molar-refractivity contribution in [2.75, 3.05) is 0 Å². The zero-order valence-corrected chi connectivity index (χ0v) is 20.2. The summed E-state index contributed by atoms with van der Waals surface area (Å²) in [6.45, 7) is 17.4. The molecule has 1 atom stereocenters. The van der Waals surface area contributed by atoms with Crippen molar-refractivity contribution in [2.24, 2.45) is 5.92 Å². The summed E-state index contributed by atoms with van der Waals surface area (Å²) in [7, 11) is -0.880. The quantitative estimate of drug-likeness (QED) is 0.267. The first kappa shape index (κ1) is 22.0. The molecule has 0 heterocycles. The minimum atomic E-state index is -1.85. The van der Waals surface area contributed by atoms with Crippen molar-refractivity contribution in [1.82, 2.24) is 0 Å². The van der Waals surface area contributed by atoms with Gasteiger partial charge in [-0.2, -0.15) is 0 Å². The van der Waals surface area contributed by atoms with Gasteiger partial charge in [-0.3, -0.25) is 0 Å². The maximum absolute atomic E-state index is 2.59. The molecule has 0 aliphatic carbocycles. The van der Waals surface area contributed by atoms with Gasteiger partial charge in [0, 0.05) is 0 Å². The zero-order valence-electron chi connectivity index (χ0n) is 16.4. The van der Waals surface area contributed by atoms with Crippen molar-refractivity contribution in [3.8, 4) is 0 Å². The van der Waals surface area contributed by atoms with E-state index in [1.807, 2.05) is 0 Å². The number of hydrogen-bond acceptors (Lipinski definition) is 0. The molecule has 0 nitrogen and oxygen atoms in total. The molecule has 0 rings (SSSR count). The van der Waals surface area contributed by atoms with Crippen LogP contribution in [0.2, 0.25) is 43.4 Å². The Balaban J connectivity index is 4.84. The van der Waals surface area contributed by atoms with Gasteiger partial charge in [-0.15, -0.1) is 0 Å². The Morgan fingerprint density at radius 2 is 1.14 bits per heavy atom. The van der Waals surface area contributed by atoms with Gasteiger partial charge in [0.25, 0.3) is 0 Å². The van der Waals surface area contributed by atoms with Gasteiger partial charge < -0.3 is 0 Å². The van der Waals surface area contributed by atoms with E-state index in [2.05, 4.69) is 47.3 Å². The van der Waals surface area contributed by atoms with Gasteiger partial charge in [-0.05, 0) is 0 Å². The Labute approximate surface area is 141 Å². The minimum absolute atomic E-state index is 0.880. The molecule has 0 aliphatic heterocycles. The third-order valence-corrected chi connectivity index (χ3v) is 23.4. The fourth-order valence-electron chi connectivity index (χ4n) is 4.19. The number of rotatable bonds is 13. The van der Waals surface area contributed by atoms with Gasteiger partial charge in [0.2, 0.25) is 0 Å². The SMILES string of the molecule is CCC[CH2][Sn]([CH2]CCC)([CH2]CCC)[CH2]C(C)C[Si](C)(C)C. The Morgan fingerprint density at radius 1 is 0.762 bits per heavy atom. The second-order valence-electron chi connectivity index (χ2n) is 8.88. The molecular weight excluding hydrogens is 375 g/mol. The Kier molecular flexibility index (Phi) is 12.1. The van der Waals surface area contributed by atoms with Crippen molar-refractivity contribution in [3.05, 3.63) is 0 Å². The summed E-state index contributed by atoms with van der Waals surface area (Å²) in [5.74, 6) is 1.03. The van der Waals surface area contributed by atoms with Crippen molar-refractivity contribution >= 4 is 26.5 Å². The fraction of sp³-hybridized carbons (Fsp3) is 1.00. The van der Waals surface area contributed by atoms with Crippen molar-refractivity contribution < 1.29 is 0 Å². The van der Waals surface area contributed by atoms with E-state index in [9.17, 15) is 0 Å². The van der Waals surface area contributed by atoms with Crippen LogP contribution in [0.25, 0.3) is 0 Å². The first-order chi connectivity index (χ1) is 9.78. The third kappa shape index (κ3) is 11.2. The Morgan fingerprint density at radius 3 is 1.43 bits per heavy atom. The number of hydrogen-bond donors (Lipinski definition) is 0. The molecule has 1 unspecified atom stereocenters. The molecule has 0 aromatic rings. The normalized spacial score (nSPS) is 14.4. The van der Waals surface area contributed by atoms with Gasteiger partial charge >= 0.3 is 142 Å². The zero-order chi connectivity index (χ0) is 16.4. The summed E-state index contributed by atoms with van der Waals surface area (Å²) in [6, 6.07) is 1.57. The summed E-state index contributed by atoms with van der Waals surface area (Å²) in [4.78, 5) is 0. The first-order valence-electron chi connectivity index (χ1n) is 9.78. The maximum atomic E-state index is 2.59. The van der Waals surface area contributed by atoms with Crippen LogP contribution in [0.1, 0.15) is 66.2 Å². The third-order valence-electron chi connectivity index (χ3n) is 4.92. The van der Waals surface area contributed by atoms with Crippen LogP contribution in [0, 0.1) is 5.92 Å². The van der Waals surface area contributed by atoms with Crippen LogP contribution in [0.4, 0.5) is 0 Å². The van der Waals surface area contributed by atoms with Gasteiger partial charge in [0.1, 0.15) is 0 Å². The molecule has 21 heavy (non-hydrogen) atoms. The summed E-state index contributed by atoms with van der Waals surface area (Å²) in [5, 5.41) is 0. The monoisotopic (exact) mass is 420 g/mol. The van der Waals surface area contributed by atoms with E-state index in [4.69, 9.17) is 0 Å². The molecule has 0 saturated carbocycles. The number of unbranched alkanes of at least 4 members (excludes halogenated alkanes) is 3. The fourth-order valence-corrected chi connectivity index (χ4v) is 25.2. The van der Waals surface area contributed by atoms with E-state index < -0.39 is 26.5 Å². The van der Waals surface area contributed by atoms with Crippen LogP contribution in [0.3, 0.4) is 0 Å². The van der Waals surface area contributed by atoms with Gasteiger partial charge in [-0.1, -0.05) is 0 Å². The first-order valence-corrected chi connectivity index (χ1v) is 21.6. The molecule has 0 bridgehead atoms. The average Bonchev–Trinajstić information content (AvgIpc) is 2.38. The van der Waals surface area contributed by atoms with Crippen LogP contribution in [0.5, 0.6) is 0 Å². The topological polar surface area (TPSA) is 0 Å². The predicted octanol–water partition coefficient (Wildman–Crippen LogP) is 7.81. The molecule has 0 saturated heterocycles. The molecule has 0 spiro atoms. The average molecular weight is 419 g/mol. The van der Waals surface area contributed by atoms with E-state index in [-0.39, 0.29) is 0 Å². The summed E-state index contributed by atoms with van der Waals surface area (Å²) < 4.78 is 6.79. The molecule has 0 N–H and O–H groups in total. The van der Waals surface area contributed by atoms with Gasteiger partial charge in [-0.25, -0.2) is 0 Å². The van der Waals surface area contributed by atoms with Crippen molar-refractivity contribution in [1.29, 1.82) is 0 Å². The molecule has 0 aliphatic rings. The van der Waals surface area contributed by atoms with E-state index in [0.717, 1.165) is 5.92 Å². The Bertz CT molecular complexity index is 223. The summed E-state index contributed by atoms with van der Waals surface area (Å²) >= 11 is -1.85. The van der Waals surface area contributed by atoms with Gasteiger partial charge in [0.05, 0.1) is 0 Å². The van der Waals surface area contributed by atoms with Crippen LogP contribution in [-0.2, 0) is 0 Å². The standard InChI is InChI=1S/C7H17Si.3C4H9.Sn/c1-7(2)6-8(3,4)5;3*1-3-4-2;/h7H,1,6H2,2-5H3;3*1,3-4H2,2H3;. The van der Waals surface area contributed by atoms with E-state index in [1.54, 1.807) is 23.8 Å². The molecule has 0 radical (unpaired) electrons. The van der Waals surface area contributed by atoms with Gasteiger partial charge in [0.15, 0.2) is 0 Å². The van der Waals surface area contributed by atoms with Crippen molar-refractivity contribution in [3.63, 3.8) is 0 Å². The molecule has 0 aromatic heterocycles. The second kappa shape index (κ2) is 11.5. The molecule has 0 amide bonds. The summed E-state index contributed by atoms with van der Waals surface area (Å²) in [6.07, 6.45) is 8.84.